The van der Waals surface area contributed by atoms with Crippen LogP contribution in [0.1, 0.15) is 50.7 Å². The summed E-state index contributed by atoms with van der Waals surface area (Å²) in [7, 11) is 0. The number of benzene rings is 6. The Bertz CT molecular complexity index is 3550. The second-order valence-electron chi connectivity index (χ2n) is 17.1. The van der Waals surface area contributed by atoms with Gasteiger partial charge in [-0.3, -0.25) is 13.7 Å². The van der Waals surface area contributed by atoms with Crippen molar-refractivity contribution in [3.05, 3.63) is 188 Å². The van der Waals surface area contributed by atoms with E-state index in [1.807, 2.05) is 67.0 Å². The van der Waals surface area contributed by atoms with Crippen molar-refractivity contribution in [3.8, 4) is 40.6 Å². The third-order valence-electron chi connectivity index (χ3n) is 12.5. The number of fused-ring (bicyclic) bond motifs is 9. The smallest absolute Gasteiger partial charge is 0.234 e. The van der Waals surface area contributed by atoms with E-state index in [1.165, 1.54) is 32.7 Å². The van der Waals surface area contributed by atoms with Gasteiger partial charge in [0.25, 0.3) is 0 Å². The monoisotopic (exact) mass is 845 g/mol. The van der Waals surface area contributed by atoms with Crippen molar-refractivity contribution in [1.82, 2.24) is 33.6 Å². The van der Waals surface area contributed by atoms with E-state index in [9.17, 15) is 0 Å². The zero-order chi connectivity index (χ0) is 43.8. The first kappa shape index (κ1) is 38.4. The molecule has 0 saturated heterocycles. The quantitative estimate of drug-likeness (QED) is 0.144. The molecule has 0 N–H and O–H groups in total. The maximum Gasteiger partial charge on any atom is 0.234 e. The minimum atomic E-state index is 0.241. The maximum atomic E-state index is 6.87. The Morgan fingerprint density at radius 1 is 0.354 bits per heavy atom. The Morgan fingerprint density at radius 2 is 0.785 bits per heavy atom. The fourth-order valence-corrected chi connectivity index (χ4v) is 9.70. The lowest BCUT2D eigenvalue weighted by Gasteiger charge is -2.14. The van der Waals surface area contributed by atoms with E-state index in [-0.39, 0.29) is 11.8 Å². The van der Waals surface area contributed by atoms with Gasteiger partial charge in [0.05, 0.1) is 33.1 Å². The predicted molar refractivity (Wildman–Crippen MR) is 262 cm³/mol. The molecule has 0 radical (unpaired) electrons. The molecular weight excluding hydrogens is 803 g/mol. The third kappa shape index (κ3) is 6.30. The highest BCUT2D eigenvalue weighted by atomic mass is 16.5. The Morgan fingerprint density at radius 3 is 1.23 bits per heavy atom. The van der Waals surface area contributed by atoms with Crippen LogP contribution < -0.4 is 9.47 Å². The van der Waals surface area contributed by atoms with Crippen LogP contribution in [0.3, 0.4) is 0 Å². The molecule has 12 aromatic rings. The van der Waals surface area contributed by atoms with Crippen LogP contribution in [0.25, 0.3) is 83.0 Å². The molecule has 0 aliphatic heterocycles. The minimum absolute atomic E-state index is 0.241. The van der Waals surface area contributed by atoms with Gasteiger partial charge in [-0.2, -0.15) is 0 Å². The zero-order valence-electron chi connectivity index (χ0n) is 36.3. The molecule has 6 aromatic carbocycles. The van der Waals surface area contributed by atoms with Gasteiger partial charge in [-0.25, -0.2) is 19.9 Å². The first-order valence-corrected chi connectivity index (χ1v) is 22.1. The van der Waals surface area contributed by atoms with Gasteiger partial charge < -0.3 is 9.47 Å². The van der Waals surface area contributed by atoms with Crippen LogP contribution >= 0.6 is 0 Å². The highest BCUT2D eigenvalue weighted by molar-refractivity contribution is 6.13. The van der Waals surface area contributed by atoms with Gasteiger partial charge in [0.15, 0.2) is 0 Å². The normalized spacial score (nSPS) is 12.0. The van der Waals surface area contributed by atoms with E-state index in [2.05, 4.69) is 138 Å². The van der Waals surface area contributed by atoms with Crippen molar-refractivity contribution in [3.63, 3.8) is 0 Å². The molecule has 0 aliphatic carbocycles. The molecule has 0 bridgehead atoms. The maximum absolute atomic E-state index is 6.87. The number of ether oxygens (including phenoxy) is 2. The third-order valence-corrected chi connectivity index (χ3v) is 12.5. The molecule has 0 fully saturated rings. The molecule has 0 unspecified atom stereocenters. The summed E-state index contributed by atoms with van der Waals surface area (Å²) in [5.74, 6) is 5.63. The van der Waals surface area contributed by atoms with Crippen molar-refractivity contribution >= 4 is 65.4 Å². The number of aromatic nitrogens is 7. The average molecular weight is 846 g/mol. The summed E-state index contributed by atoms with van der Waals surface area (Å²) in [6.07, 6.45) is 7.22. The van der Waals surface area contributed by atoms with E-state index < -0.39 is 0 Å². The molecule has 0 saturated carbocycles. The summed E-state index contributed by atoms with van der Waals surface area (Å²) in [6, 6.07) is 52.1. The zero-order valence-corrected chi connectivity index (χ0v) is 36.3. The van der Waals surface area contributed by atoms with E-state index >= 15 is 0 Å². The lowest BCUT2D eigenvalue weighted by molar-refractivity contribution is 0.483. The fraction of sp³-hybridized carbons (Fsp3) is 0.107. The Balaban J connectivity index is 0.990. The molecule has 9 heteroatoms. The number of hydrogen-bond acceptors (Lipinski definition) is 6. The minimum Gasteiger partial charge on any atom is -0.457 e. The van der Waals surface area contributed by atoms with Gasteiger partial charge in [0.2, 0.25) is 5.95 Å². The summed E-state index contributed by atoms with van der Waals surface area (Å²) in [4.78, 5) is 19.0. The van der Waals surface area contributed by atoms with Crippen molar-refractivity contribution in [2.24, 2.45) is 0 Å². The van der Waals surface area contributed by atoms with Crippen LogP contribution in [0.4, 0.5) is 0 Å². The molecule has 0 amide bonds. The second kappa shape index (κ2) is 15.2. The number of hydrogen-bond donors (Lipinski definition) is 0. The fourth-order valence-electron chi connectivity index (χ4n) is 9.70. The van der Waals surface area contributed by atoms with Crippen LogP contribution in [-0.4, -0.2) is 33.6 Å². The van der Waals surface area contributed by atoms with Gasteiger partial charge >= 0.3 is 0 Å². The molecule has 12 rings (SSSR count). The first-order chi connectivity index (χ1) is 31.9. The van der Waals surface area contributed by atoms with E-state index in [4.69, 9.17) is 29.4 Å². The topological polar surface area (TPSA) is 84.8 Å². The summed E-state index contributed by atoms with van der Waals surface area (Å²) >= 11 is 0. The molecule has 0 atom stereocenters. The summed E-state index contributed by atoms with van der Waals surface area (Å²) in [6.45, 7) is 8.93. The lowest BCUT2D eigenvalue weighted by Crippen LogP contribution is -2.00. The van der Waals surface area contributed by atoms with Gasteiger partial charge in [-0.1, -0.05) is 76.2 Å². The molecule has 6 aromatic heterocycles. The van der Waals surface area contributed by atoms with Crippen molar-refractivity contribution in [2.75, 3.05) is 0 Å². The Kier molecular flexibility index (Phi) is 8.98. The van der Waals surface area contributed by atoms with Gasteiger partial charge in [-0.15, -0.1) is 0 Å². The Labute approximate surface area is 374 Å². The van der Waals surface area contributed by atoms with Crippen LogP contribution in [0.15, 0.2) is 176 Å². The Hall–Kier alpha value is -8.30. The van der Waals surface area contributed by atoms with Crippen LogP contribution in [0.5, 0.6) is 23.0 Å². The summed E-state index contributed by atoms with van der Waals surface area (Å²) < 4.78 is 20.3. The van der Waals surface area contributed by atoms with Gasteiger partial charge in [0, 0.05) is 81.4 Å². The SMILES string of the molecule is CC(C)c1cc(Oc2ccc3c4ccc(Oc5cc(C(C)C)c6c7ccccc7n(-c7ccccn7)c6c5)cc4n(-c4ncccn4)c3c2)cc2c1c1ccccc1n2-c1ccccn1. The average Bonchev–Trinajstić information content (AvgIpc) is 3.96. The van der Waals surface area contributed by atoms with Crippen molar-refractivity contribution in [2.45, 2.75) is 39.5 Å². The highest BCUT2D eigenvalue weighted by Gasteiger charge is 2.22. The summed E-state index contributed by atoms with van der Waals surface area (Å²) in [5, 5.41) is 6.88. The number of rotatable bonds is 9. The standard InChI is InChI=1S/C56H43N7O2/c1-34(2)44-28-38(32-50-54(44)42-14-5-7-16-46(42)61(50)52-18-9-11-24-57-52)64-36-20-22-40-41-23-21-37(31-49(41)63(48(40)30-36)56-59-26-13-27-60-56)65-39-29-45(35(3)4)55-43-15-6-8-17-47(43)62(51(55)33-39)53-19-10-12-25-58-53/h5-35H,1-4H3. The number of nitrogens with zero attached hydrogens (tertiary/aromatic N) is 7. The molecule has 65 heavy (non-hydrogen) atoms. The van der Waals surface area contributed by atoms with Crippen LogP contribution in [0.2, 0.25) is 0 Å². The largest absolute Gasteiger partial charge is 0.457 e. The van der Waals surface area contributed by atoms with Crippen molar-refractivity contribution < 1.29 is 9.47 Å². The number of pyridine rings is 2. The molecule has 0 aliphatic rings. The van der Waals surface area contributed by atoms with Crippen molar-refractivity contribution in [1.29, 1.82) is 0 Å². The van der Waals surface area contributed by atoms with Gasteiger partial charge in [0.1, 0.15) is 34.6 Å². The highest BCUT2D eigenvalue weighted by Crippen LogP contribution is 2.43. The molecule has 6 heterocycles. The molecule has 0 spiro atoms. The molecular formula is C56H43N7O2. The summed E-state index contributed by atoms with van der Waals surface area (Å²) in [5.41, 5.74) is 8.54. The van der Waals surface area contributed by atoms with E-state index in [1.54, 1.807) is 12.4 Å². The molecule has 9 nitrogen and oxygen atoms in total. The van der Waals surface area contributed by atoms with Crippen LogP contribution in [-0.2, 0) is 0 Å². The van der Waals surface area contributed by atoms with Crippen LogP contribution in [0, 0.1) is 0 Å². The number of para-hydroxylation sites is 2. The van der Waals surface area contributed by atoms with E-state index in [0.717, 1.165) is 67.0 Å². The molecule has 314 valence electrons. The first-order valence-electron chi connectivity index (χ1n) is 22.1. The second-order valence-corrected chi connectivity index (χ2v) is 17.1. The van der Waals surface area contributed by atoms with Gasteiger partial charge in [-0.05, 0) is 102 Å². The van der Waals surface area contributed by atoms with E-state index in [0.29, 0.717) is 17.4 Å². The predicted octanol–water partition coefficient (Wildman–Crippen LogP) is 14.4. The lowest BCUT2D eigenvalue weighted by atomic mass is 9.97.